The molecule has 6 heteroatoms. The van der Waals surface area contributed by atoms with E-state index in [9.17, 15) is 13.8 Å². The molecule has 5 nitrogen and oxygen atoms in total. The Kier molecular flexibility index (Phi) is 4.54. The van der Waals surface area contributed by atoms with Crippen molar-refractivity contribution in [1.82, 2.24) is 5.32 Å². The van der Waals surface area contributed by atoms with Crippen LogP contribution in [-0.2, 0) is 22.0 Å². The maximum absolute atomic E-state index is 12.1. The molecule has 0 saturated heterocycles. The number of fused-ring (bicyclic) bond motifs is 1. The zero-order valence-electron chi connectivity index (χ0n) is 11.6. The van der Waals surface area contributed by atoms with E-state index in [4.69, 9.17) is 0 Å². The molecule has 0 aromatic heterocycles. The molecule has 2 atom stereocenters. The lowest BCUT2D eigenvalue weighted by Gasteiger charge is -2.18. The number of hydrogen-bond donors (Lipinski definition) is 2. The second-order valence-corrected chi connectivity index (χ2v) is 6.51. The Morgan fingerprint density at radius 2 is 2.20 bits per heavy atom. The number of benzene rings is 1. The third kappa shape index (κ3) is 3.66. The van der Waals surface area contributed by atoms with Gasteiger partial charge in [0.2, 0.25) is 5.91 Å². The van der Waals surface area contributed by atoms with E-state index in [0.717, 1.165) is 11.3 Å². The second-order valence-electron chi connectivity index (χ2n) is 5.03. The Labute approximate surface area is 120 Å². The lowest BCUT2D eigenvalue weighted by Crippen LogP contribution is -2.36. The molecule has 2 amide bonds. The summed E-state index contributed by atoms with van der Waals surface area (Å²) in [4.78, 5) is 23.4. The molecule has 1 heterocycles. The topological polar surface area (TPSA) is 75.3 Å². The zero-order valence-corrected chi connectivity index (χ0v) is 12.4. The lowest BCUT2D eigenvalue weighted by atomic mass is 10.00. The molecule has 1 aromatic carbocycles. The highest BCUT2D eigenvalue weighted by Gasteiger charge is 2.17. The van der Waals surface area contributed by atoms with E-state index < -0.39 is 10.8 Å². The highest BCUT2D eigenvalue weighted by molar-refractivity contribution is 7.84. The number of anilines is 1. The van der Waals surface area contributed by atoms with Crippen LogP contribution in [0.4, 0.5) is 5.69 Å². The molecule has 0 fully saturated rings. The van der Waals surface area contributed by atoms with Gasteiger partial charge in [-0.3, -0.25) is 13.8 Å². The van der Waals surface area contributed by atoms with Crippen LogP contribution in [0.15, 0.2) is 18.2 Å². The molecule has 2 unspecified atom stereocenters. The van der Waals surface area contributed by atoms with Crippen molar-refractivity contribution in [1.29, 1.82) is 0 Å². The normalized spacial score (nSPS) is 16.8. The Morgan fingerprint density at radius 3 is 2.90 bits per heavy atom. The summed E-state index contributed by atoms with van der Waals surface area (Å²) in [6.07, 6.45) is 2.71. The van der Waals surface area contributed by atoms with E-state index in [0.29, 0.717) is 24.2 Å². The number of rotatable bonds is 4. The molecule has 0 saturated carbocycles. The molecule has 0 spiro atoms. The van der Waals surface area contributed by atoms with Crippen LogP contribution in [0.5, 0.6) is 0 Å². The Bertz CT molecular complexity index is 572. The van der Waals surface area contributed by atoms with Crippen LogP contribution >= 0.6 is 0 Å². The summed E-state index contributed by atoms with van der Waals surface area (Å²) in [5.41, 5.74) is 2.32. The minimum Gasteiger partial charge on any atom is -0.349 e. The van der Waals surface area contributed by atoms with Crippen molar-refractivity contribution in [2.45, 2.75) is 25.8 Å². The predicted molar refractivity (Wildman–Crippen MR) is 79.3 cm³/mol. The van der Waals surface area contributed by atoms with Gasteiger partial charge in [-0.25, -0.2) is 0 Å². The van der Waals surface area contributed by atoms with Crippen LogP contribution in [-0.4, -0.2) is 34.1 Å². The van der Waals surface area contributed by atoms with E-state index >= 15 is 0 Å². The molecule has 0 radical (unpaired) electrons. The number of hydrogen-bond acceptors (Lipinski definition) is 3. The first-order valence-electron chi connectivity index (χ1n) is 6.49. The van der Waals surface area contributed by atoms with Crippen LogP contribution in [0.1, 0.15) is 29.3 Å². The van der Waals surface area contributed by atoms with Crippen molar-refractivity contribution in [3.05, 3.63) is 29.3 Å². The molecule has 108 valence electrons. The van der Waals surface area contributed by atoms with Crippen molar-refractivity contribution in [3.8, 4) is 0 Å². The van der Waals surface area contributed by atoms with Gasteiger partial charge in [0, 0.05) is 46.5 Å². The molecule has 1 aliphatic heterocycles. The second kappa shape index (κ2) is 6.17. The predicted octanol–water partition coefficient (Wildman–Crippen LogP) is 1.07. The van der Waals surface area contributed by atoms with Gasteiger partial charge in [0.15, 0.2) is 0 Å². The fourth-order valence-electron chi connectivity index (χ4n) is 2.23. The third-order valence-corrected chi connectivity index (χ3v) is 4.09. The number of aryl methyl sites for hydroxylation is 1. The third-order valence-electron chi connectivity index (χ3n) is 3.13. The van der Waals surface area contributed by atoms with Crippen LogP contribution in [0.3, 0.4) is 0 Å². The molecule has 0 aliphatic carbocycles. The maximum atomic E-state index is 12.1. The summed E-state index contributed by atoms with van der Waals surface area (Å²) < 4.78 is 11.1. The van der Waals surface area contributed by atoms with Gasteiger partial charge in [-0.15, -0.1) is 0 Å². The summed E-state index contributed by atoms with van der Waals surface area (Å²) in [6.45, 7) is 1.83. The van der Waals surface area contributed by atoms with Crippen molar-refractivity contribution in [2.75, 3.05) is 17.3 Å². The van der Waals surface area contributed by atoms with E-state index in [-0.39, 0.29) is 17.9 Å². The smallest absolute Gasteiger partial charge is 0.251 e. The molecule has 2 rings (SSSR count). The monoisotopic (exact) mass is 294 g/mol. The van der Waals surface area contributed by atoms with Crippen molar-refractivity contribution >= 4 is 28.3 Å². The highest BCUT2D eigenvalue weighted by atomic mass is 32.2. The van der Waals surface area contributed by atoms with Crippen LogP contribution in [0, 0.1) is 0 Å². The molecule has 20 heavy (non-hydrogen) atoms. The van der Waals surface area contributed by atoms with Crippen molar-refractivity contribution < 1.29 is 13.8 Å². The number of carbonyl (C=O) groups excluding carboxylic acids is 2. The van der Waals surface area contributed by atoms with E-state index in [1.807, 2.05) is 6.92 Å². The number of carbonyl (C=O) groups is 2. The first-order valence-corrected chi connectivity index (χ1v) is 8.22. The Morgan fingerprint density at radius 1 is 1.45 bits per heavy atom. The lowest BCUT2D eigenvalue weighted by molar-refractivity contribution is -0.116. The fraction of sp³-hybridized carbons (Fsp3) is 0.429. The molecule has 1 aromatic rings. The summed E-state index contributed by atoms with van der Waals surface area (Å²) in [5.74, 6) is 0.267. The zero-order chi connectivity index (χ0) is 14.7. The minimum absolute atomic E-state index is 0.00810. The minimum atomic E-state index is -0.937. The average Bonchev–Trinajstić information content (AvgIpc) is 2.36. The van der Waals surface area contributed by atoms with Gasteiger partial charge in [-0.2, -0.15) is 0 Å². The van der Waals surface area contributed by atoms with Gasteiger partial charge in [-0.05, 0) is 37.1 Å². The first-order chi connectivity index (χ1) is 9.45. The largest absolute Gasteiger partial charge is 0.349 e. The molecular weight excluding hydrogens is 276 g/mol. The number of amides is 2. The standard InChI is InChI=1S/C14H18N2O3S/c1-9(8-20(2)19)15-14(18)11-3-5-12-10(7-11)4-6-13(17)16-12/h3,5,7,9H,4,6,8H2,1-2H3,(H,15,18)(H,16,17). The Hall–Kier alpha value is -1.69. The van der Waals surface area contributed by atoms with Gasteiger partial charge >= 0.3 is 0 Å². The molecular formula is C14H18N2O3S. The van der Waals surface area contributed by atoms with Crippen molar-refractivity contribution in [3.63, 3.8) is 0 Å². The van der Waals surface area contributed by atoms with Gasteiger partial charge in [0.25, 0.3) is 5.91 Å². The van der Waals surface area contributed by atoms with Crippen molar-refractivity contribution in [2.24, 2.45) is 0 Å². The highest BCUT2D eigenvalue weighted by Crippen LogP contribution is 2.23. The quantitative estimate of drug-likeness (QED) is 0.872. The van der Waals surface area contributed by atoms with Gasteiger partial charge in [0.1, 0.15) is 0 Å². The number of nitrogens with one attached hydrogen (secondary N) is 2. The molecule has 0 bridgehead atoms. The molecule has 2 N–H and O–H groups in total. The summed E-state index contributed by atoms with van der Waals surface area (Å²) >= 11 is 0. The van der Waals surface area contributed by atoms with E-state index in [1.54, 1.807) is 24.5 Å². The van der Waals surface area contributed by atoms with Crippen LogP contribution in [0.2, 0.25) is 0 Å². The maximum Gasteiger partial charge on any atom is 0.251 e. The summed E-state index contributed by atoms with van der Waals surface area (Å²) in [6, 6.07) is 5.11. The summed E-state index contributed by atoms with van der Waals surface area (Å²) in [5, 5.41) is 5.61. The first kappa shape index (κ1) is 14.7. The SMILES string of the molecule is CC(CS(C)=O)NC(=O)c1ccc2c(c1)CCC(=O)N2. The van der Waals surface area contributed by atoms with E-state index in [2.05, 4.69) is 10.6 Å². The van der Waals surface area contributed by atoms with Crippen LogP contribution in [0.25, 0.3) is 0 Å². The Balaban J connectivity index is 2.08. The van der Waals surface area contributed by atoms with Gasteiger partial charge < -0.3 is 10.6 Å². The van der Waals surface area contributed by atoms with Crippen LogP contribution < -0.4 is 10.6 Å². The molecule has 1 aliphatic rings. The fourth-order valence-corrected chi connectivity index (χ4v) is 3.01. The van der Waals surface area contributed by atoms with E-state index in [1.165, 1.54) is 0 Å². The van der Waals surface area contributed by atoms with Gasteiger partial charge in [-0.1, -0.05) is 0 Å². The average molecular weight is 294 g/mol. The summed E-state index contributed by atoms with van der Waals surface area (Å²) in [7, 11) is -0.937. The van der Waals surface area contributed by atoms with Gasteiger partial charge in [0.05, 0.1) is 0 Å².